The third-order valence-corrected chi connectivity index (χ3v) is 3.63. The quantitative estimate of drug-likeness (QED) is 0.802. The summed E-state index contributed by atoms with van der Waals surface area (Å²) in [6.07, 6.45) is 1.16. The Morgan fingerprint density at radius 1 is 1.22 bits per heavy atom. The highest BCUT2D eigenvalue weighted by molar-refractivity contribution is 5.75. The van der Waals surface area contributed by atoms with Gasteiger partial charge < -0.3 is 14.4 Å². The smallest absolute Gasteiger partial charge is 0.410 e. The Balaban J connectivity index is 1.85. The van der Waals surface area contributed by atoms with Crippen LogP contribution in [0.5, 0.6) is 0 Å². The molecule has 1 atom stereocenters. The van der Waals surface area contributed by atoms with Crippen molar-refractivity contribution < 1.29 is 19.1 Å². The van der Waals surface area contributed by atoms with Crippen LogP contribution in [-0.4, -0.2) is 35.7 Å². The molecule has 0 spiro atoms. The van der Waals surface area contributed by atoms with Crippen LogP contribution in [0.4, 0.5) is 4.79 Å². The lowest BCUT2D eigenvalue weighted by Gasteiger charge is -2.33. The minimum absolute atomic E-state index is 0.248. The minimum Gasteiger partial charge on any atom is -0.461 e. The molecular formula is C18H25NO4. The fourth-order valence-corrected chi connectivity index (χ4v) is 2.51. The summed E-state index contributed by atoms with van der Waals surface area (Å²) in [5.74, 6) is -0.526. The second kappa shape index (κ2) is 7.49. The van der Waals surface area contributed by atoms with E-state index in [4.69, 9.17) is 9.47 Å². The minimum atomic E-state index is -0.530. The van der Waals surface area contributed by atoms with Crippen molar-refractivity contribution in [3.05, 3.63) is 35.9 Å². The van der Waals surface area contributed by atoms with E-state index in [0.29, 0.717) is 13.1 Å². The average molecular weight is 319 g/mol. The number of nitrogens with zero attached hydrogens (tertiary/aromatic N) is 1. The van der Waals surface area contributed by atoms with Crippen LogP contribution in [0.15, 0.2) is 30.3 Å². The van der Waals surface area contributed by atoms with E-state index in [9.17, 15) is 9.59 Å². The zero-order valence-electron chi connectivity index (χ0n) is 14.1. The molecule has 23 heavy (non-hydrogen) atoms. The molecule has 0 aliphatic carbocycles. The van der Waals surface area contributed by atoms with Crippen molar-refractivity contribution in [2.24, 2.45) is 5.92 Å². The first-order valence-corrected chi connectivity index (χ1v) is 8.03. The lowest BCUT2D eigenvalue weighted by atomic mass is 9.98. The Labute approximate surface area is 137 Å². The molecule has 1 fully saturated rings. The highest BCUT2D eigenvalue weighted by Crippen LogP contribution is 2.21. The van der Waals surface area contributed by atoms with Gasteiger partial charge in [0.1, 0.15) is 12.2 Å². The molecule has 0 unspecified atom stereocenters. The van der Waals surface area contributed by atoms with Gasteiger partial charge in [0.25, 0.3) is 0 Å². The van der Waals surface area contributed by atoms with E-state index >= 15 is 0 Å². The Bertz CT molecular complexity index is 536. The van der Waals surface area contributed by atoms with E-state index < -0.39 is 5.60 Å². The zero-order chi connectivity index (χ0) is 16.9. The van der Waals surface area contributed by atoms with E-state index in [0.717, 1.165) is 18.4 Å². The van der Waals surface area contributed by atoms with E-state index in [1.807, 2.05) is 51.1 Å². The van der Waals surface area contributed by atoms with Gasteiger partial charge in [0.2, 0.25) is 0 Å². The molecule has 5 heteroatoms. The maximum absolute atomic E-state index is 12.2. The van der Waals surface area contributed by atoms with E-state index in [-0.39, 0.29) is 24.6 Å². The van der Waals surface area contributed by atoms with Gasteiger partial charge in [-0.1, -0.05) is 30.3 Å². The maximum Gasteiger partial charge on any atom is 0.410 e. The van der Waals surface area contributed by atoms with Crippen molar-refractivity contribution in [3.8, 4) is 0 Å². The highest BCUT2D eigenvalue weighted by atomic mass is 16.6. The molecule has 1 saturated heterocycles. The van der Waals surface area contributed by atoms with Crippen LogP contribution in [0.1, 0.15) is 39.2 Å². The van der Waals surface area contributed by atoms with Gasteiger partial charge in [-0.05, 0) is 39.2 Å². The molecule has 0 aromatic heterocycles. The van der Waals surface area contributed by atoms with Crippen LogP contribution in [0.3, 0.4) is 0 Å². The molecule has 1 aromatic rings. The van der Waals surface area contributed by atoms with Crippen LogP contribution < -0.4 is 0 Å². The van der Waals surface area contributed by atoms with Crippen molar-refractivity contribution in [3.63, 3.8) is 0 Å². The summed E-state index contributed by atoms with van der Waals surface area (Å²) in [5, 5.41) is 0. The summed E-state index contributed by atoms with van der Waals surface area (Å²) in [5.41, 5.74) is 0.429. The molecule has 0 radical (unpaired) electrons. The number of rotatable bonds is 3. The fraction of sp³-hybridized carbons (Fsp3) is 0.556. The first kappa shape index (κ1) is 17.3. The molecule has 1 aliphatic rings. The Hall–Kier alpha value is -2.04. The van der Waals surface area contributed by atoms with Crippen LogP contribution in [0.2, 0.25) is 0 Å². The van der Waals surface area contributed by atoms with Gasteiger partial charge >= 0.3 is 12.1 Å². The average Bonchev–Trinajstić information content (AvgIpc) is 2.52. The number of carbonyl (C=O) groups excluding carboxylic acids is 2. The summed E-state index contributed by atoms with van der Waals surface area (Å²) >= 11 is 0. The van der Waals surface area contributed by atoms with Gasteiger partial charge in [0.05, 0.1) is 5.92 Å². The number of hydrogen-bond acceptors (Lipinski definition) is 4. The number of likely N-dealkylation sites (tertiary alicyclic amines) is 1. The number of carbonyl (C=O) groups is 2. The molecule has 1 amide bonds. The SMILES string of the molecule is CC(C)(C)OC(=O)N1CCC[C@@H](C(=O)OCc2ccccc2)C1. The number of esters is 1. The van der Waals surface area contributed by atoms with E-state index in [1.54, 1.807) is 4.90 Å². The molecule has 126 valence electrons. The summed E-state index contributed by atoms with van der Waals surface area (Å²) < 4.78 is 10.7. The summed E-state index contributed by atoms with van der Waals surface area (Å²) in [4.78, 5) is 25.9. The van der Waals surface area contributed by atoms with Gasteiger partial charge in [-0.15, -0.1) is 0 Å². The van der Waals surface area contributed by atoms with Gasteiger partial charge in [0.15, 0.2) is 0 Å². The number of ether oxygens (including phenoxy) is 2. The van der Waals surface area contributed by atoms with Crippen LogP contribution in [0.25, 0.3) is 0 Å². The highest BCUT2D eigenvalue weighted by Gasteiger charge is 2.31. The van der Waals surface area contributed by atoms with Crippen LogP contribution in [-0.2, 0) is 20.9 Å². The third kappa shape index (κ3) is 5.58. The van der Waals surface area contributed by atoms with Gasteiger partial charge in [-0.3, -0.25) is 4.79 Å². The number of hydrogen-bond donors (Lipinski definition) is 0. The number of amides is 1. The molecule has 1 aliphatic heterocycles. The maximum atomic E-state index is 12.2. The summed E-state index contributed by atoms with van der Waals surface area (Å²) in [6.45, 7) is 6.75. The molecule has 2 rings (SSSR count). The molecule has 0 bridgehead atoms. The van der Waals surface area contributed by atoms with Crippen LogP contribution >= 0.6 is 0 Å². The predicted molar refractivity (Wildman–Crippen MR) is 86.8 cm³/mol. The van der Waals surface area contributed by atoms with Gasteiger partial charge in [-0.2, -0.15) is 0 Å². The van der Waals surface area contributed by atoms with E-state index in [2.05, 4.69) is 0 Å². The monoisotopic (exact) mass is 319 g/mol. The first-order valence-electron chi connectivity index (χ1n) is 8.03. The van der Waals surface area contributed by atoms with Crippen molar-refractivity contribution >= 4 is 12.1 Å². The van der Waals surface area contributed by atoms with Gasteiger partial charge in [-0.25, -0.2) is 4.79 Å². The van der Waals surface area contributed by atoms with Crippen molar-refractivity contribution in [1.29, 1.82) is 0 Å². The third-order valence-electron chi connectivity index (χ3n) is 3.63. The lowest BCUT2D eigenvalue weighted by molar-refractivity contribution is -0.151. The van der Waals surface area contributed by atoms with Crippen molar-refractivity contribution in [2.45, 2.75) is 45.8 Å². The molecular weight excluding hydrogens is 294 g/mol. The first-order chi connectivity index (χ1) is 10.8. The number of benzene rings is 1. The Morgan fingerprint density at radius 3 is 2.57 bits per heavy atom. The molecule has 0 N–H and O–H groups in total. The standard InChI is InChI=1S/C18H25NO4/c1-18(2,3)23-17(21)19-11-7-10-15(12-19)16(20)22-13-14-8-5-4-6-9-14/h4-6,8-9,15H,7,10-13H2,1-3H3/t15-/m1/s1. The fourth-order valence-electron chi connectivity index (χ4n) is 2.51. The van der Waals surface area contributed by atoms with Crippen molar-refractivity contribution in [2.75, 3.05) is 13.1 Å². The molecule has 1 aromatic carbocycles. The second-order valence-electron chi connectivity index (χ2n) is 6.86. The topological polar surface area (TPSA) is 55.8 Å². The molecule has 5 nitrogen and oxygen atoms in total. The lowest BCUT2D eigenvalue weighted by Crippen LogP contribution is -2.45. The molecule has 1 heterocycles. The normalized spacial score (nSPS) is 18.4. The van der Waals surface area contributed by atoms with E-state index in [1.165, 1.54) is 0 Å². The van der Waals surface area contributed by atoms with Crippen molar-refractivity contribution in [1.82, 2.24) is 4.90 Å². The molecule has 0 saturated carbocycles. The zero-order valence-corrected chi connectivity index (χ0v) is 14.1. The van der Waals surface area contributed by atoms with Gasteiger partial charge in [0, 0.05) is 13.1 Å². The largest absolute Gasteiger partial charge is 0.461 e. The summed E-state index contributed by atoms with van der Waals surface area (Å²) in [6, 6.07) is 9.58. The summed E-state index contributed by atoms with van der Waals surface area (Å²) in [7, 11) is 0. The predicted octanol–water partition coefficient (Wildman–Crippen LogP) is 3.38. The van der Waals surface area contributed by atoms with Crippen LogP contribution in [0, 0.1) is 5.92 Å². The Kier molecular flexibility index (Phi) is 5.64. The second-order valence-corrected chi connectivity index (χ2v) is 6.86. The Morgan fingerprint density at radius 2 is 1.91 bits per heavy atom. The number of piperidine rings is 1.